The lowest BCUT2D eigenvalue weighted by Crippen LogP contribution is -1.95. The van der Waals surface area contributed by atoms with Crippen molar-refractivity contribution in [1.29, 1.82) is 0 Å². The average Bonchev–Trinajstić information content (AvgIpc) is 2.08. The molecule has 0 heterocycles. The van der Waals surface area contributed by atoms with Crippen LogP contribution in [-0.2, 0) is 6.42 Å². The molecule has 0 radical (unpaired) electrons. The van der Waals surface area contributed by atoms with E-state index in [9.17, 15) is 4.79 Å². The third-order valence-electron chi connectivity index (χ3n) is 1.95. The molecule has 0 aromatic heterocycles. The molecular formula is C11H13BrO. The van der Waals surface area contributed by atoms with Crippen molar-refractivity contribution in [3.63, 3.8) is 0 Å². The number of hydrogen-bond acceptors (Lipinski definition) is 1. The Bertz CT molecular complexity index is 318. The Morgan fingerprint density at radius 2 is 2.15 bits per heavy atom. The average molecular weight is 241 g/mol. The van der Waals surface area contributed by atoms with Crippen molar-refractivity contribution < 1.29 is 4.79 Å². The van der Waals surface area contributed by atoms with E-state index in [1.807, 2.05) is 12.1 Å². The van der Waals surface area contributed by atoms with Crippen LogP contribution in [0.1, 0.15) is 36.2 Å². The highest BCUT2D eigenvalue weighted by Crippen LogP contribution is 2.19. The van der Waals surface area contributed by atoms with E-state index in [-0.39, 0.29) is 5.78 Å². The van der Waals surface area contributed by atoms with Gasteiger partial charge in [0.05, 0.1) is 0 Å². The third-order valence-corrected chi connectivity index (χ3v) is 2.64. The molecular weight excluding hydrogens is 228 g/mol. The van der Waals surface area contributed by atoms with Crippen molar-refractivity contribution in [3.8, 4) is 0 Å². The Kier molecular flexibility index (Phi) is 3.67. The standard InChI is InChI=1S/C11H13BrO/c1-3-4-9-5-6-11(12)10(7-9)8(2)13/h5-7H,3-4H2,1-2H3. The van der Waals surface area contributed by atoms with Gasteiger partial charge in [-0.05, 0) is 31.0 Å². The number of aryl methyl sites for hydroxylation is 1. The first-order valence-corrected chi connectivity index (χ1v) is 5.23. The zero-order chi connectivity index (χ0) is 9.84. The molecule has 0 bridgehead atoms. The quantitative estimate of drug-likeness (QED) is 0.739. The van der Waals surface area contributed by atoms with Gasteiger partial charge in [0.2, 0.25) is 0 Å². The molecule has 0 amide bonds. The molecule has 2 heteroatoms. The summed E-state index contributed by atoms with van der Waals surface area (Å²) in [4.78, 5) is 11.2. The summed E-state index contributed by atoms with van der Waals surface area (Å²) in [6, 6.07) is 5.97. The molecule has 0 spiro atoms. The Hall–Kier alpha value is -0.630. The van der Waals surface area contributed by atoms with Gasteiger partial charge in [-0.3, -0.25) is 4.79 Å². The van der Waals surface area contributed by atoms with Gasteiger partial charge in [0.15, 0.2) is 5.78 Å². The molecule has 13 heavy (non-hydrogen) atoms. The molecule has 0 atom stereocenters. The number of hydrogen-bond donors (Lipinski definition) is 0. The lowest BCUT2D eigenvalue weighted by Gasteiger charge is -2.03. The third kappa shape index (κ3) is 2.66. The fourth-order valence-electron chi connectivity index (χ4n) is 1.29. The maximum atomic E-state index is 11.2. The van der Waals surface area contributed by atoms with E-state index in [0.717, 1.165) is 22.9 Å². The van der Waals surface area contributed by atoms with E-state index < -0.39 is 0 Å². The van der Waals surface area contributed by atoms with E-state index in [2.05, 4.69) is 28.9 Å². The van der Waals surface area contributed by atoms with Crippen LogP contribution in [0.4, 0.5) is 0 Å². The summed E-state index contributed by atoms with van der Waals surface area (Å²) in [5, 5.41) is 0. The molecule has 0 aliphatic heterocycles. The van der Waals surface area contributed by atoms with Crippen LogP contribution in [0.2, 0.25) is 0 Å². The van der Waals surface area contributed by atoms with Crippen molar-refractivity contribution in [2.75, 3.05) is 0 Å². The van der Waals surface area contributed by atoms with E-state index in [0.29, 0.717) is 0 Å². The fraction of sp³-hybridized carbons (Fsp3) is 0.364. The number of ketones is 1. The highest BCUT2D eigenvalue weighted by molar-refractivity contribution is 9.10. The fourth-order valence-corrected chi connectivity index (χ4v) is 1.81. The van der Waals surface area contributed by atoms with Gasteiger partial charge in [-0.2, -0.15) is 0 Å². The minimum Gasteiger partial charge on any atom is -0.294 e. The van der Waals surface area contributed by atoms with Gasteiger partial charge in [-0.15, -0.1) is 0 Å². The zero-order valence-electron chi connectivity index (χ0n) is 7.93. The SMILES string of the molecule is CCCc1ccc(Br)c(C(C)=O)c1. The van der Waals surface area contributed by atoms with Crippen LogP contribution in [0.25, 0.3) is 0 Å². The normalized spacial score (nSPS) is 10.1. The van der Waals surface area contributed by atoms with Crippen LogP contribution in [0.3, 0.4) is 0 Å². The van der Waals surface area contributed by atoms with Crippen molar-refractivity contribution in [1.82, 2.24) is 0 Å². The smallest absolute Gasteiger partial charge is 0.160 e. The lowest BCUT2D eigenvalue weighted by molar-refractivity contribution is 0.101. The summed E-state index contributed by atoms with van der Waals surface area (Å²) < 4.78 is 0.889. The number of Topliss-reactive ketones (excluding diaryl/α,β-unsaturated/α-hetero) is 1. The summed E-state index contributed by atoms with van der Waals surface area (Å²) in [6.07, 6.45) is 2.15. The minimum absolute atomic E-state index is 0.116. The summed E-state index contributed by atoms with van der Waals surface area (Å²) in [7, 11) is 0. The van der Waals surface area contributed by atoms with Gasteiger partial charge >= 0.3 is 0 Å². The van der Waals surface area contributed by atoms with E-state index in [4.69, 9.17) is 0 Å². The lowest BCUT2D eigenvalue weighted by atomic mass is 10.1. The van der Waals surface area contributed by atoms with Gasteiger partial charge < -0.3 is 0 Å². The topological polar surface area (TPSA) is 17.1 Å². The van der Waals surface area contributed by atoms with Crippen molar-refractivity contribution in [3.05, 3.63) is 33.8 Å². The Balaban J connectivity index is 3.04. The van der Waals surface area contributed by atoms with Crippen LogP contribution in [0.5, 0.6) is 0 Å². The molecule has 0 saturated carbocycles. The highest BCUT2D eigenvalue weighted by atomic mass is 79.9. The van der Waals surface area contributed by atoms with Crippen LogP contribution < -0.4 is 0 Å². The van der Waals surface area contributed by atoms with Gasteiger partial charge in [-0.1, -0.05) is 35.3 Å². The van der Waals surface area contributed by atoms with Gasteiger partial charge in [-0.25, -0.2) is 0 Å². The molecule has 70 valence electrons. The Morgan fingerprint density at radius 3 is 2.69 bits per heavy atom. The number of rotatable bonds is 3. The monoisotopic (exact) mass is 240 g/mol. The van der Waals surface area contributed by atoms with Gasteiger partial charge in [0.1, 0.15) is 0 Å². The predicted octanol–water partition coefficient (Wildman–Crippen LogP) is 3.60. The number of carbonyl (C=O) groups excluding carboxylic acids is 1. The highest BCUT2D eigenvalue weighted by Gasteiger charge is 2.05. The molecule has 0 aliphatic carbocycles. The number of benzene rings is 1. The second-order valence-corrected chi connectivity index (χ2v) is 3.97. The summed E-state index contributed by atoms with van der Waals surface area (Å²) in [5.74, 6) is 0.116. The largest absolute Gasteiger partial charge is 0.294 e. The Morgan fingerprint density at radius 1 is 1.46 bits per heavy atom. The molecule has 1 aromatic rings. The second kappa shape index (κ2) is 4.56. The minimum atomic E-state index is 0.116. The van der Waals surface area contributed by atoms with Crippen LogP contribution in [0.15, 0.2) is 22.7 Å². The molecule has 0 unspecified atom stereocenters. The van der Waals surface area contributed by atoms with E-state index in [1.54, 1.807) is 6.92 Å². The van der Waals surface area contributed by atoms with Gasteiger partial charge in [0, 0.05) is 10.0 Å². The van der Waals surface area contributed by atoms with Crippen molar-refractivity contribution in [2.24, 2.45) is 0 Å². The molecule has 1 nitrogen and oxygen atoms in total. The Labute approximate surface area is 87.3 Å². The van der Waals surface area contributed by atoms with Crippen molar-refractivity contribution in [2.45, 2.75) is 26.7 Å². The van der Waals surface area contributed by atoms with E-state index >= 15 is 0 Å². The first kappa shape index (κ1) is 10.5. The second-order valence-electron chi connectivity index (χ2n) is 3.12. The number of carbonyl (C=O) groups is 1. The maximum absolute atomic E-state index is 11.2. The molecule has 0 aliphatic rings. The van der Waals surface area contributed by atoms with Crippen LogP contribution in [0, 0.1) is 0 Å². The molecule has 0 saturated heterocycles. The first-order chi connectivity index (χ1) is 6.15. The van der Waals surface area contributed by atoms with Gasteiger partial charge in [0.25, 0.3) is 0 Å². The summed E-state index contributed by atoms with van der Waals surface area (Å²) >= 11 is 3.36. The molecule has 0 fully saturated rings. The summed E-state index contributed by atoms with van der Waals surface area (Å²) in [5.41, 5.74) is 2.02. The molecule has 1 aromatic carbocycles. The molecule has 0 N–H and O–H groups in total. The van der Waals surface area contributed by atoms with Crippen LogP contribution >= 0.6 is 15.9 Å². The predicted molar refractivity (Wildman–Crippen MR) is 58.1 cm³/mol. The number of halogens is 1. The van der Waals surface area contributed by atoms with Crippen LogP contribution in [-0.4, -0.2) is 5.78 Å². The maximum Gasteiger partial charge on any atom is 0.160 e. The van der Waals surface area contributed by atoms with Crippen molar-refractivity contribution >= 4 is 21.7 Å². The van der Waals surface area contributed by atoms with E-state index in [1.165, 1.54) is 5.56 Å². The first-order valence-electron chi connectivity index (χ1n) is 4.44. The summed E-state index contributed by atoms with van der Waals surface area (Å²) in [6.45, 7) is 3.73. The zero-order valence-corrected chi connectivity index (χ0v) is 9.52. The molecule has 1 rings (SSSR count).